The van der Waals surface area contributed by atoms with Crippen LogP contribution in [0.5, 0.6) is 0 Å². The Morgan fingerprint density at radius 2 is 1.77 bits per heavy atom. The summed E-state index contributed by atoms with van der Waals surface area (Å²) in [6.45, 7) is 2.04. The lowest BCUT2D eigenvalue weighted by atomic mass is 9.91. The van der Waals surface area contributed by atoms with Gasteiger partial charge in [0.1, 0.15) is 4.64 Å². The van der Waals surface area contributed by atoms with Crippen LogP contribution in [-0.4, -0.2) is 15.1 Å². The number of H-pyrrole nitrogens is 1. The average Bonchev–Trinajstić information content (AvgIpc) is 2.56. The van der Waals surface area contributed by atoms with Gasteiger partial charge in [0, 0.05) is 5.92 Å². The molecule has 0 aliphatic rings. The second-order valence-electron chi connectivity index (χ2n) is 5.34. The number of aliphatic hydroxyl groups excluding tert-OH is 1. The molecule has 3 aromatic rings. The third-order valence-corrected chi connectivity index (χ3v) is 4.25. The van der Waals surface area contributed by atoms with Crippen LogP contribution in [0, 0.1) is 4.64 Å². The minimum atomic E-state index is -0.616. The molecule has 4 heteroatoms. The molecule has 1 aromatic heterocycles. The first-order chi connectivity index (χ1) is 10.7. The van der Waals surface area contributed by atoms with E-state index >= 15 is 0 Å². The van der Waals surface area contributed by atoms with Crippen LogP contribution < -0.4 is 0 Å². The molecule has 3 rings (SSSR count). The van der Waals surface area contributed by atoms with Crippen molar-refractivity contribution in [3.05, 3.63) is 70.5 Å². The molecular formula is C18H18N2OS. The van der Waals surface area contributed by atoms with Crippen LogP contribution in [0.4, 0.5) is 0 Å². The number of hydrogen-bond donors (Lipinski definition) is 2. The van der Waals surface area contributed by atoms with Crippen molar-refractivity contribution in [2.75, 3.05) is 0 Å². The number of hydrogen-bond acceptors (Lipinski definition) is 3. The quantitative estimate of drug-likeness (QED) is 0.697. The first-order valence-corrected chi connectivity index (χ1v) is 7.83. The van der Waals surface area contributed by atoms with Gasteiger partial charge in [0.05, 0.1) is 22.8 Å². The highest BCUT2D eigenvalue weighted by atomic mass is 32.1. The largest absolute Gasteiger partial charge is 0.388 e. The fourth-order valence-corrected chi connectivity index (χ4v) is 3.05. The maximum Gasteiger partial charge on any atom is 0.125 e. The highest BCUT2D eigenvalue weighted by Gasteiger charge is 2.24. The zero-order valence-electron chi connectivity index (χ0n) is 12.4. The minimum absolute atomic E-state index is 0.129. The van der Waals surface area contributed by atoms with Crippen LogP contribution in [0.1, 0.15) is 36.6 Å². The Balaban J connectivity index is 2.07. The van der Waals surface area contributed by atoms with E-state index in [-0.39, 0.29) is 5.92 Å². The maximum atomic E-state index is 10.7. The number of aromatic amines is 1. The molecule has 0 spiro atoms. The Hall–Kier alpha value is -2.04. The van der Waals surface area contributed by atoms with Crippen molar-refractivity contribution in [1.82, 2.24) is 9.97 Å². The van der Waals surface area contributed by atoms with Gasteiger partial charge in [-0.25, -0.2) is 4.98 Å². The molecule has 0 saturated heterocycles. The Bertz CT molecular complexity index is 829. The maximum absolute atomic E-state index is 10.7. The molecule has 2 aromatic carbocycles. The smallest absolute Gasteiger partial charge is 0.125 e. The van der Waals surface area contributed by atoms with Gasteiger partial charge in [-0.3, -0.25) is 0 Å². The zero-order chi connectivity index (χ0) is 15.5. The normalized spacial score (nSPS) is 13.9. The molecule has 2 atom stereocenters. The summed E-state index contributed by atoms with van der Waals surface area (Å²) in [5, 5.41) is 10.7. The van der Waals surface area contributed by atoms with Gasteiger partial charge in [0.25, 0.3) is 0 Å². The Kier molecular flexibility index (Phi) is 4.32. The van der Waals surface area contributed by atoms with E-state index in [0.29, 0.717) is 4.64 Å². The van der Waals surface area contributed by atoms with Crippen molar-refractivity contribution >= 4 is 23.3 Å². The molecule has 0 fully saturated rings. The van der Waals surface area contributed by atoms with Crippen molar-refractivity contribution < 1.29 is 5.11 Å². The van der Waals surface area contributed by atoms with Gasteiger partial charge in [-0.1, -0.05) is 61.6 Å². The van der Waals surface area contributed by atoms with Gasteiger partial charge in [0.2, 0.25) is 0 Å². The van der Waals surface area contributed by atoms with E-state index in [1.165, 1.54) is 0 Å². The standard InChI is InChI=1S/C18H18N2OS/c1-2-13(17(21)12-8-4-3-5-9-12)16-18(22)20-15-11-7-6-10-14(15)19-16/h3-11,13,17,21H,2H2,1H3,(H,20,22). The summed E-state index contributed by atoms with van der Waals surface area (Å²) in [5.41, 5.74) is 3.43. The van der Waals surface area contributed by atoms with E-state index in [9.17, 15) is 5.11 Å². The average molecular weight is 310 g/mol. The van der Waals surface area contributed by atoms with Crippen LogP contribution in [0.3, 0.4) is 0 Å². The molecule has 112 valence electrons. The SMILES string of the molecule is CCC(c1nc2ccccc2[nH]c1=S)C(O)c1ccccc1. The first kappa shape index (κ1) is 14.9. The summed E-state index contributed by atoms with van der Waals surface area (Å²) in [5.74, 6) is -0.129. The molecule has 1 heterocycles. The van der Waals surface area contributed by atoms with Crippen LogP contribution >= 0.6 is 12.2 Å². The number of para-hydroxylation sites is 2. The van der Waals surface area contributed by atoms with Gasteiger partial charge in [0.15, 0.2) is 0 Å². The van der Waals surface area contributed by atoms with Gasteiger partial charge in [-0.2, -0.15) is 0 Å². The number of nitrogens with zero attached hydrogens (tertiary/aromatic N) is 1. The van der Waals surface area contributed by atoms with Gasteiger partial charge >= 0.3 is 0 Å². The van der Waals surface area contributed by atoms with Crippen molar-refractivity contribution in [1.29, 1.82) is 0 Å². The molecule has 0 aliphatic carbocycles. The fourth-order valence-electron chi connectivity index (χ4n) is 2.74. The van der Waals surface area contributed by atoms with Crippen LogP contribution in [0.2, 0.25) is 0 Å². The molecule has 0 radical (unpaired) electrons. The molecule has 0 bridgehead atoms. The number of nitrogens with one attached hydrogen (secondary N) is 1. The molecule has 22 heavy (non-hydrogen) atoms. The van der Waals surface area contributed by atoms with E-state index in [1.807, 2.05) is 61.5 Å². The summed E-state index contributed by atoms with van der Waals surface area (Å²) in [7, 11) is 0. The summed E-state index contributed by atoms with van der Waals surface area (Å²) in [6, 6.07) is 17.5. The van der Waals surface area contributed by atoms with E-state index < -0.39 is 6.10 Å². The van der Waals surface area contributed by atoms with E-state index in [4.69, 9.17) is 17.2 Å². The van der Waals surface area contributed by atoms with Gasteiger partial charge in [-0.15, -0.1) is 0 Å². The summed E-state index contributed by atoms with van der Waals surface area (Å²) >= 11 is 5.46. The molecule has 2 unspecified atom stereocenters. The lowest BCUT2D eigenvalue weighted by molar-refractivity contribution is 0.140. The number of fused-ring (bicyclic) bond motifs is 1. The fraction of sp³-hybridized carbons (Fsp3) is 0.222. The summed E-state index contributed by atoms with van der Waals surface area (Å²) in [6.07, 6.45) is 0.147. The second kappa shape index (κ2) is 6.38. The first-order valence-electron chi connectivity index (χ1n) is 7.42. The number of rotatable bonds is 4. The highest BCUT2D eigenvalue weighted by molar-refractivity contribution is 7.71. The predicted octanol–water partition coefficient (Wildman–Crippen LogP) is 4.52. The van der Waals surface area contributed by atoms with Gasteiger partial charge < -0.3 is 10.1 Å². The number of benzene rings is 2. The summed E-state index contributed by atoms with van der Waals surface area (Å²) < 4.78 is 0.598. The number of aromatic nitrogens is 2. The molecule has 3 nitrogen and oxygen atoms in total. The summed E-state index contributed by atoms with van der Waals surface area (Å²) in [4.78, 5) is 7.92. The lowest BCUT2D eigenvalue weighted by Gasteiger charge is -2.22. The van der Waals surface area contributed by atoms with Crippen molar-refractivity contribution in [2.24, 2.45) is 0 Å². The highest BCUT2D eigenvalue weighted by Crippen LogP contribution is 2.33. The van der Waals surface area contributed by atoms with Crippen LogP contribution in [0.15, 0.2) is 54.6 Å². The third-order valence-electron chi connectivity index (χ3n) is 3.94. The van der Waals surface area contributed by atoms with E-state index in [0.717, 1.165) is 28.7 Å². The lowest BCUT2D eigenvalue weighted by Crippen LogP contribution is -2.13. The third kappa shape index (κ3) is 2.80. The van der Waals surface area contributed by atoms with E-state index in [1.54, 1.807) is 0 Å². The van der Waals surface area contributed by atoms with Crippen LogP contribution in [-0.2, 0) is 0 Å². The van der Waals surface area contributed by atoms with Crippen molar-refractivity contribution in [2.45, 2.75) is 25.4 Å². The monoisotopic (exact) mass is 310 g/mol. The molecule has 0 aliphatic heterocycles. The Morgan fingerprint density at radius 3 is 2.50 bits per heavy atom. The molecular weight excluding hydrogens is 292 g/mol. The molecule has 0 saturated carbocycles. The van der Waals surface area contributed by atoms with Gasteiger partial charge in [-0.05, 0) is 24.1 Å². The van der Waals surface area contributed by atoms with Crippen LogP contribution in [0.25, 0.3) is 11.0 Å². The molecule has 2 N–H and O–H groups in total. The zero-order valence-corrected chi connectivity index (χ0v) is 13.2. The Morgan fingerprint density at radius 1 is 1.09 bits per heavy atom. The van der Waals surface area contributed by atoms with E-state index in [2.05, 4.69) is 4.98 Å². The number of aliphatic hydroxyl groups is 1. The predicted molar refractivity (Wildman–Crippen MR) is 91.4 cm³/mol. The van der Waals surface area contributed by atoms with Crippen molar-refractivity contribution in [3.8, 4) is 0 Å². The topological polar surface area (TPSA) is 48.9 Å². The minimum Gasteiger partial charge on any atom is -0.388 e. The second-order valence-corrected chi connectivity index (χ2v) is 5.75. The molecule has 0 amide bonds. The van der Waals surface area contributed by atoms with Crippen molar-refractivity contribution in [3.63, 3.8) is 0 Å². The Labute approximate surface area is 134 Å².